The maximum atomic E-state index is 13.9. The topological polar surface area (TPSA) is 70.2 Å². The van der Waals surface area contributed by atoms with Crippen molar-refractivity contribution in [1.29, 1.82) is 5.26 Å². The Morgan fingerprint density at radius 3 is 2.64 bits per heavy atom. The molecule has 5 nitrogen and oxygen atoms in total. The maximum absolute atomic E-state index is 13.9. The summed E-state index contributed by atoms with van der Waals surface area (Å²) in [4.78, 5) is 12.1. The minimum absolute atomic E-state index is 0.127. The van der Waals surface area contributed by atoms with Crippen molar-refractivity contribution in [3.8, 4) is 11.8 Å². The fraction of sp³-hybridized carbons (Fsp3) is 0.0952. The van der Waals surface area contributed by atoms with Gasteiger partial charge in [0.05, 0.1) is 23.4 Å². The third-order valence-corrected chi connectivity index (χ3v) is 4.25. The van der Waals surface area contributed by atoms with Gasteiger partial charge in [0.15, 0.2) is 0 Å². The van der Waals surface area contributed by atoms with E-state index in [0.29, 0.717) is 5.69 Å². The van der Waals surface area contributed by atoms with Crippen LogP contribution in [0.15, 0.2) is 53.6 Å². The molecule has 1 heterocycles. The van der Waals surface area contributed by atoms with Crippen molar-refractivity contribution in [2.75, 3.05) is 0 Å². The second kappa shape index (κ2) is 7.84. The lowest BCUT2D eigenvalue weighted by Gasteiger charge is -2.09. The molecule has 28 heavy (non-hydrogen) atoms. The number of halogens is 2. The molecule has 0 aliphatic heterocycles. The van der Waals surface area contributed by atoms with Gasteiger partial charge in [0.2, 0.25) is 0 Å². The van der Waals surface area contributed by atoms with Crippen LogP contribution in [0.5, 0.6) is 0 Å². The molecule has 0 saturated heterocycles. The van der Waals surface area contributed by atoms with Crippen molar-refractivity contribution < 1.29 is 13.6 Å². The van der Waals surface area contributed by atoms with Gasteiger partial charge in [-0.15, -0.1) is 0 Å². The third kappa shape index (κ3) is 3.81. The third-order valence-electron chi connectivity index (χ3n) is 4.25. The Labute approximate surface area is 160 Å². The van der Waals surface area contributed by atoms with Crippen LogP contribution in [0, 0.1) is 36.8 Å². The van der Waals surface area contributed by atoms with Crippen LogP contribution in [0.25, 0.3) is 5.69 Å². The lowest BCUT2D eigenvalue weighted by atomic mass is 10.1. The number of hydrazone groups is 1. The van der Waals surface area contributed by atoms with Crippen LogP contribution in [-0.2, 0) is 0 Å². The predicted molar refractivity (Wildman–Crippen MR) is 101 cm³/mol. The van der Waals surface area contributed by atoms with Crippen LogP contribution in [0.1, 0.15) is 32.9 Å². The number of nitriles is 1. The van der Waals surface area contributed by atoms with Crippen molar-refractivity contribution in [1.82, 2.24) is 9.99 Å². The lowest BCUT2D eigenvalue weighted by molar-refractivity contribution is 0.0951. The van der Waals surface area contributed by atoms with Gasteiger partial charge in [-0.3, -0.25) is 4.79 Å². The maximum Gasteiger partial charge on any atom is 0.274 e. The number of carbonyl (C=O) groups is 1. The molecule has 1 N–H and O–H groups in total. The number of aromatic nitrogens is 1. The van der Waals surface area contributed by atoms with Gasteiger partial charge in [-0.2, -0.15) is 10.4 Å². The molecule has 140 valence electrons. The summed E-state index contributed by atoms with van der Waals surface area (Å²) in [6.07, 6.45) is 1.44. The molecule has 0 fully saturated rings. The van der Waals surface area contributed by atoms with E-state index in [1.807, 2.05) is 24.5 Å². The van der Waals surface area contributed by atoms with Gasteiger partial charge in [0.1, 0.15) is 11.6 Å². The Bertz CT molecular complexity index is 1130. The minimum atomic E-state index is -0.795. The number of aryl methyl sites for hydroxylation is 1. The minimum Gasteiger partial charge on any atom is -0.318 e. The van der Waals surface area contributed by atoms with E-state index in [2.05, 4.69) is 10.5 Å². The van der Waals surface area contributed by atoms with Gasteiger partial charge < -0.3 is 4.57 Å². The first-order valence-corrected chi connectivity index (χ1v) is 8.38. The molecular formula is C21H16F2N4O. The van der Waals surface area contributed by atoms with Crippen molar-refractivity contribution >= 4 is 12.1 Å². The molecule has 3 aromatic rings. The first-order valence-electron chi connectivity index (χ1n) is 8.38. The highest BCUT2D eigenvalue weighted by atomic mass is 19.1. The van der Waals surface area contributed by atoms with E-state index in [-0.39, 0.29) is 16.9 Å². The highest BCUT2D eigenvalue weighted by Crippen LogP contribution is 2.20. The van der Waals surface area contributed by atoms with Crippen LogP contribution < -0.4 is 5.43 Å². The van der Waals surface area contributed by atoms with Crippen molar-refractivity contribution in [2.24, 2.45) is 5.10 Å². The van der Waals surface area contributed by atoms with Crippen LogP contribution in [0.2, 0.25) is 0 Å². The van der Waals surface area contributed by atoms with Gasteiger partial charge in [0, 0.05) is 22.6 Å². The zero-order valence-corrected chi connectivity index (χ0v) is 15.2. The molecule has 0 saturated carbocycles. The molecule has 0 atom stereocenters. The number of rotatable bonds is 4. The summed E-state index contributed by atoms with van der Waals surface area (Å²) in [7, 11) is 0. The van der Waals surface area contributed by atoms with Gasteiger partial charge in [-0.05, 0) is 56.3 Å². The fourth-order valence-electron chi connectivity index (χ4n) is 2.92. The molecular weight excluding hydrogens is 362 g/mol. The molecule has 1 amide bonds. The monoisotopic (exact) mass is 378 g/mol. The molecule has 3 rings (SSSR count). The normalized spacial score (nSPS) is 10.8. The molecule has 7 heteroatoms. The molecule has 0 aliphatic rings. The van der Waals surface area contributed by atoms with E-state index in [1.54, 1.807) is 18.2 Å². The number of carbonyl (C=O) groups excluding carboxylic acids is 1. The number of amides is 1. The number of hydrogen-bond donors (Lipinski definition) is 1. The molecule has 0 radical (unpaired) electrons. The van der Waals surface area contributed by atoms with E-state index < -0.39 is 11.7 Å². The number of nitrogens with zero attached hydrogens (tertiary/aromatic N) is 3. The van der Waals surface area contributed by atoms with Crippen LogP contribution in [0.3, 0.4) is 0 Å². The fourth-order valence-corrected chi connectivity index (χ4v) is 2.92. The van der Waals surface area contributed by atoms with E-state index in [9.17, 15) is 13.6 Å². The Kier molecular flexibility index (Phi) is 5.32. The molecule has 2 aromatic carbocycles. The van der Waals surface area contributed by atoms with Crippen LogP contribution >= 0.6 is 0 Å². The first-order chi connectivity index (χ1) is 13.4. The van der Waals surface area contributed by atoms with Crippen molar-refractivity contribution in [3.63, 3.8) is 0 Å². The Morgan fingerprint density at radius 1 is 1.18 bits per heavy atom. The molecule has 0 bridgehead atoms. The van der Waals surface area contributed by atoms with Crippen LogP contribution in [-0.4, -0.2) is 16.7 Å². The second-order valence-electron chi connectivity index (χ2n) is 6.15. The van der Waals surface area contributed by atoms with Crippen molar-refractivity contribution in [2.45, 2.75) is 13.8 Å². The smallest absolute Gasteiger partial charge is 0.274 e. The summed E-state index contributed by atoms with van der Waals surface area (Å²) in [6, 6.07) is 13.4. The van der Waals surface area contributed by atoms with E-state index in [1.165, 1.54) is 30.5 Å². The van der Waals surface area contributed by atoms with E-state index >= 15 is 0 Å². The Morgan fingerprint density at radius 2 is 1.96 bits per heavy atom. The van der Waals surface area contributed by atoms with Crippen LogP contribution in [0.4, 0.5) is 8.78 Å². The zero-order valence-electron chi connectivity index (χ0n) is 15.2. The van der Waals surface area contributed by atoms with Gasteiger partial charge in [0.25, 0.3) is 5.91 Å². The Hall–Kier alpha value is -3.79. The van der Waals surface area contributed by atoms with E-state index in [0.717, 1.165) is 23.0 Å². The number of benzene rings is 2. The number of nitrogens with one attached hydrogen (secondary N) is 1. The van der Waals surface area contributed by atoms with Gasteiger partial charge >= 0.3 is 0 Å². The molecule has 1 aromatic heterocycles. The predicted octanol–water partition coefficient (Wildman–Crippen LogP) is 4.01. The van der Waals surface area contributed by atoms with E-state index in [4.69, 9.17) is 5.26 Å². The largest absolute Gasteiger partial charge is 0.318 e. The molecule has 0 aliphatic carbocycles. The average molecular weight is 378 g/mol. The zero-order chi connectivity index (χ0) is 20.3. The Balaban J connectivity index is 1.79. The molecule has 0 unspecified atom stereocenters. The quantitative estimate of drug-likeness (QED) is 0.550. The summed E-state index contributed by atoms with van der Waals surface area (Å²) >= 11 is 0. The lowest BCUT2D eigenvalue weighted by Crippen LogP contribution is -2.19. The summed E-state index contributed by atoms with van der Waals surface area (Å²) in [5.41, 5.74) is 5.27. The highest BCUT2D eigenvalue weighted by Gasteiger charge is 2.13. The van der Waals surface area contributed by atoms with Crippen molar-refractivity contribution in [3.05, 3.63) is 88.2 Å². The van der Waals surface area contributed by atoms with Gasteiger partial charge in [-0.25, -0.2) is 14.2 Å². The average Bonchev–Trinajstić information content (AvgIpc) is 2.94. The molecule has 0 spiro atoms. The number of hydrogen-bond acceptors (Lipinski definition) is 3. The van der Waals surface area contributed by atoms with Gasteiger partial charge in [-0.1, -0.05) is 6.07 Å². The summed E-state index contributed by atoms with van der Waals surface area (Å²) in [5.74, 6) is -1.86. The summed E-state index contributed by atoms with van der Waals surface area (Å²) < 4.78 is 29.3. The highest BCUT2D eigenvalue weighted by molar-refractivity contribution is 5.95. The second-order valence-corrected chi connectivity index (χ2v) is 6.15. The summed E-state index contributed by atoms with van der Waals surface area (Å²) in [5, 5.41) is 12.6. The SMILES string of the molecule is Cc1cc(/C=N\NC(=O)c2ccc(C#N)cc2F)c(C)n1-c1cccc(F)c1. The summed E-state index contributed by atoms with van der Waals surface area (Å²) in [6.45, 7) is 3.72. The standard InChI is InChI=1S/C21H16F2N4O/c1-13-8-16(14(2)27(13)18-5-3-4-17(22)10-18)12-25-26-21(28)19-7-6-15(11-24)9-20(19)23/h3-10,12H,1-2H3,(H,26,28)/b25-12-. The first kappa shape index (κ1) is 19.0.